The molecule has 0 saturated heterocycles. The van der Waals surface area contributed by atoms with E-state index < -0.39 is 146 Å². The Labute approximate surface area is 245 Å². The molecule has 1 aliphatic carbocycles. The van der Waals surface area contributed by atoms with Crippen LogP contribution >= 0.6 is 0 Å². The quantitative estimate of drug-likeness (QED) is 0.131. The topological polar surface area (TPSA) is 49.7 Å². The molecule has 47 heavy (non-hydrogen) atoms. The van der Waals surface area contributed by atoms with E-state index in [2.05, 4.69) is 4.65 Å². The fourth-order valence-electron chi connectivity index (χ4n) is 5.02. The van der Waals surface area contributed by atoms with Crippen LogP contribution in [0.2, 0.25) is 0 Å². The van der Waals surface area contributed by atoms with Gasteiger partial charge in [0.05, 0.1) is 16.7 Å². The number of rotatable bonds is 5. The molecule has 254 valence electrons. The van der Waals surface area contributed by atoms with Gasteiger partial charge >= 0.3 is 7.32 Å². The third-order valence-electron chi connectivity index (χ3n) is 6.95. The van der Waals surface area contributed by atoms with Crippen molar-refractivity contribution in [1.29, 1.82) is 0 Å². The number of alkyl halides is 3. The molecule has 0 spiro atoms. The van der Waals surface area contributed by atoms with Crippen molar-refractivity contribution in [1.82, 2.24) is 0 Å². The van der Waals surface area contributed by atoms with Crippen molar-refractivity contribution in [2.75, 3.05) is 0 Å². The Morgan fingerprint density at radius 1 is 0.468 bits per heavy atom. The number of benzene rings is 3. The highest BCUT2D eigenvalue weighted by atomic mass is 19.2. The molecule has 4 rings (SSSR count). The van der Waals surface area contributed by atoms with Gasteiger partial charge in [0.2, 0.25) is 28.8 Å². The van der Waals surface area contributed by atoms with Crippen LogP contribution < -0.4 is 0 Å². The summed E-state index contributed by atoms with van der Waals surface area (Å²) in [4.78, 5) is 0. The van der Waals surface area contributed by atoms with Crippen LogP contribution in [0.1, 0.15) is 16.7 Å². The average molecular weight is 712 g/mol. The van der Waals surface area contributed by atoms with E-state index in [4.69, 9.17) is 0 Å². The van der Waals surface area contributed by atoms with Gasteiger partial charge in [-0.15, -0.1) is 0 Å². The first-order valence-electron chi connectivity index (χ1n) is 11.5. The zero-order valence-electron chi connectivity index (χ0n) is 21.2. The molecule has 0 aromatic heterocycles. The minimum Gasteiger partial charge on any atom is -0.402 e. The van der Waals surface area contributed by atoms with Crippen LogP contribution in [-0.2, 0) is 21.6 Å². The van der Waals surface area contributed by atoms with Gasteiger partial charge in [0.15, 0.2) is 81.6 Å². The molecule has 0 heterocycles. The van der Waals surface area contributed by atoms with Crippen LogP contribution in [-0.4, -0.2) is 23.5 Å². The number of hydrogen-bond donors (Lipinski definition) is 2. The van der Waals surface area contributed by atoms with Gasteiger partial charge in [-0.2, -0.15) is 0 Å². The van der Waals surface area contributed by atoms with E-state index in [9.17, 15) is 58.3 Å². The van der Waals surface area contributed by atoms with Crippen LogP contribution in [0.3, 0.4) is 0 Å². The first kappa shape index (κ1) is 35.9. The van der Waals surface area contributed by atoms with Crippen molar-refractivity contribution in [3.8, 4) is 0 Å². The molecule has 0 aliphatic heterocycles. The van der Waals surface area contributed by atoms with Crippen LogP contribution in [0.5, 0.6) is 0 Å². The molecule has 0 amide bonds. The lowest BCUT2D eigenvalue weighted by Gasteiger charge is -2.54. The Bertz CT molecular complexity index is 1800. The van der Waals surface area contributed by atoms with Gasteiger partial charge in [0.25, 0.3) is 0 Å². The fraction of sp³-hybridized carbons (Fsp3) is 0.167. The molecule has 23 heteroatoms. The average Bonchev–Trinajstić information content (AvgIpc) is 3.01. The van der Waals surface area contributed by atoms with Crippen molar-refractivity contribution in [2.24, 2.45) is 0 Å². The van der Waals surface area contributed by atoms with E-state index in [1.54, 1.807) is 0 Å². The predicted octanol–water partition coefficient (Wildman–Crippen LogP) is 6.89. The summed E-state index contributed by atoms with van der Waals surface area (Å²) in [6, 6.07) is 0. The zero-order valence-corrected chi connectivity index (χ0v) is 21.2. The summed E-state index contributed by atoms with van der Waals surface area (Å²) in [5.74, 6) is -57.0. The van der Waals surface area contributed by atoms with Crippen molar-refractivity contribution in [2.45, 2.75) is 23.1 Å². The summed E-state index contributed by atoms with van der Waals surface area (Å²) in [6.45, 7) is 0. The molecule has 3 nitrogen and oxygen atoms in total. The highest BCUT2D eigenvalue weighted by Gasteiger charge is 2.79. The monoisotopic (exact) mass is 712 g/mol. The summed E-state index contributed by atoms with van der Waals surface area (Å²) in [6.07, 6.45) is -6.72. The van der Waals surface area contributed by atoms with Crippen molar-refractivity contribution in [3.05, 3.63) is 116 Å². The zero-order chi connectivity index (χ0) is 36.0. The van der Waals surface area contributed by atoms with E-state index in [-0.39, 0.29) is 0 Å². The third-order valence-corrected chi connectivity index (χ3v) is 6.95. The van der Waals surface area contributed by atoms with Gasteiger partial charge in [0, 0.05) is 0 Å². The van der Waals surface area contributed by atoms with E-state index in [1.165, 1.54) is 0 Å². The van der Waals surface area contributed by atoms with E-state index in [0.717, 1.165) is 0 Å². The largest absolute Gasteiger partial charge is 0.634 e. The molecule has 2 N–H and O–H groups in total. The molecule has 3 aromatic carbocycles. The molecule has 1 aliphatic rings. The SMILES string of the molecule is OB(O)OC1(c2c(F)c(F)c(F)c(F)c2F)C=C(F)C(F)C(F)(c2c(F)c(F)c(F)c(F)c2F)C1(F)c1c(F)c(F)c(F)c(F)c1F. The number of hydrogen-bond acceptors (Lipinski definition) is 3. The molecule has 0 fully saturated rings. The second-order valence-electron chi connectivity index (χ2n) is 9.28. The second-order valence-corrected chi connectivity index (χ2v) is 9.28. The van der Waals surface area contributed by atoms with Crippen LogP contribution in [0.4, 0.5) is 83.4 Å². The maximum absolute atomic E-state index is 17.8. The van der Waals surface area contributed by atoms with Gasteiger partial charge < -0.3 is 14.7 Å². The third kappa shape index (κ3) is 4.37. The standard InChI is InChI=1S/C24H4BF19O3/c26-2-1-22(47-25(45)46,3-6(27)12(33)18(39)13(34)7(3)28)24(44,5-10(31)16(37)20(41)17(38)11(5)32)23(43,21(2)42)4-8(29)14(35)19(40)15(36)9(4)30/h1,21,45-46H. The van der Waals surface area contributed by atoms with E-state index in [1.807, 2.05) is 0 Å². The maximum atomic E-state index is 17.8. The minimum atomic E-state index is -6.86. The Morgan fingerprint density at radius 3 is 1.06 bits per heavy atom. The highest BCUT2D eigenvalue weighted by molar-refractivity contribution is 6.33. The first-order valence-corrected chi connectivity index (χ1v) is 11.5. The molecule has 3 aromatic rings. The van der Waals surface area contributed by atoms with Gasteiger partial charge in [-0.25, -0.2) is 83.4 Å². The lowest BCUT2D eigenvalue weighted by molar-refractivity contribution is -0.211. The normalized spacial score (nSPS) is 24.5. The molecule has 4 atom stereocenters. The first-order chi connectivity index (χ1) is 21.5. The number of allylic oxidation sites excluding steroid dienone is 1. The molecule has 0 bridgehead atoms. The summed E-state index contributed by atoms with van der Waals surface area (Å²) in [5.41, 5.74) is -30.7. The van der Waals surface area contributed by atoms with Crippen molar-refractivity contribution in [3.63, 3.8) is 0 Å². The van der Waals surface area contributed by atoms with E-state index in [0.29, 0.717) is 0 Å². The summed E-state index contributed by atoms with van der Waals surface area (Å²) in [7, 11) is -4.26. The van der Waals surface area contributed by atoms with E-state index >= 15 is 35.1 Å². The molecule has 0 radical (unpaired) electrons. The minimum absolute atomic E-state index is 1.50. The van der Waals surface area contributed by atoms with Crippen LogP contribution in [0.25, 0.3) is 0 Å². The van der Waals surface area contributed by atoms with Crippen LogP contribution in [0.15, 0.2) is 11.9 Å². The van der Waals surface area contributed by atoms with Gasteiger partial charge in [-0.05, 0) is 6.08 Å². The van der Waals surface area contributed by atoms with Crippen LogP contribution in [0, 0.1) is 87.3 Å². The highest BCUT2D eigenvalue weighted by Crippen LogP contribution is 2.67. The van der Waals surface area contributed by atoms with Crippen molar-refractivity contribution >= 4 is 7.32 Å². The van der Waals surface area contributed by atoms with Gasteiger partial charge in [0.1, 0.15) is 5.83 Å². The predicted molar refractivity (Wildman–Crippen MR) is 111 cm³/mol. The Hall–Kier alpha value is -3.99. The summed E-state index contributed by atoms with van der Waals surface area (Å²) < 4.78 is 288. The summed E-state index contributed by atoms with van der Waals surface area (Å²) >= 11 is 0. The number of halogens is 19. The molecular formula is C24H4BF19O3. The lowest BCUT2D eigenvalue weighted by Crippen LogP contribution is -2.67. The van der Waals surface area contributed by atoms with Gasteiger partial charge in [-0.3, -0.25) is 0 Å². The van der Waals surface area contributed by atoms with Crippen molar-refractivity contribution < 1.29 is 98.1 Å². The molecule has 0 saturated carbocycles. The maximum Gasteiger partial charge on any atom is 0.634 e. The summed E-state index contributed by atoms with van der Waals surface area (Å²) in [5, 5.41) is 18.8. The Kier molecular flexibility index (Phi) is 8.64. The fourth-order valence-corrected chi connectivity index (χ4v) is 5.02. The molecular weight excluding hydrogens is 708 g/mol. The second kappa shape index (κ2) is 11.3. The lowest BCUT2D eigenvalue weighted by atomic mass is 9.58. The molecule has 4 unspecified atom stereocenters. The Morgan fingerprint density at radius 2 is 0.745 bits per heavy atom. The Balaban J connectivity index is 2.52. The van der Waals surface area contributed by atoms with Gasteiger partial charge in [-0.1, -0.05) is 0 Å². The smallest absolute Gasteiger partial charge is 0.402 e.